The number of aliphatic hydroxyl groups is 1. The maximum atomic E-state index is 10.3. The number of halogens is 1. The van der Waals surface area contributed by atoms with E-state index in [2.05, 4.69) is 28.5 Å². The number of ether oxygens (including phenoxy) is 1. The van der Waals surface area contributed by atoms with E-state index in [9.17, 15) is 10.4 Å². The zero-order valence-electron chi connectivity index (χ0n) is 16.7. The number of nitrogens with one attached hydrogen (secondary N) is 1. The van der Waals surface area contributed by atoms with E-state index >= 15 is 0 Å². The third kappa shape index (κ3) is 5.24. The highest BCUT2D eigenvalue weighted by Crippen LogP contribution is 2.27. The molecule has 1 aromatic heterocycles. The van der Waals surface area contributed by atoms with Gasteiger partial charge in [0.05, 0.1) is 5.02 Å². The van der Waals surface area contributed by atoms with E-state index in [-0.39, 0.29) is 5.56 Å². The van der Waals surface area contributed by atoms with Crippen LogP contribution in [-0.2, 0) is 6.42 Å². The molecular formula is C23H24ClN3O2. The van der Waals surface area contributed by atoms with Crippen molar-refractivity contribution in [3.05, 3.63) is 71.0 Å². The Hall–Kier alpha value is -2.65. The number of hydrogen-bond donors (Lipinski definition) is 2. The first kappa shape index (κ1) is 21.1. The third-order valence-corrected chi connectivity index (χ3v) is 4.94. The first-order valence-electron chi connectivity index (χ1n) is 9.44. The molecule has 2 N–H and O–H groups in total. The SMILES string of the molecule is CC(O)[C@H](NC(C)(C)Cc1cc2ccccc2cn1)Oc1cccc(Cl)c1C#N. The molecule has 3 aromatic rings. The zero-order chi connectivity index (χ0) is 21.0. The third-order valence-electron chi connectivity index (χ3n) is 4.62. The Morgan fingerprint density at radius 1 is 1.21 bits per heavy atom. The van der Waals surface area contributed by atoms with E-state index < -0.39 is 17.9 Å². The van der Waals surface area contributed by atoms with E-state index in [4.69, 9.17) is 16.3 Å². The van der Waals surface area contributed by atoms with Crippen molar-refractivity contribution in [1.82, 2.24) is 10.3 Å². The van der Waals surface area contributed by atoms with Crippen LogP contribution in [0.25, 0.3) is 10.8 Å². The summed E-state index contributed by atoms with van der Waals surface area (Å²) in [6, 6.07) is 17.2. The molecule has 0 radical (unpaired) electrons. The van der Waals surface area contributed by atoms with Gasteiger partial charge >= 0.3 is 0 Å². The summed E-state index contributed by atoms with van der Waals surface area (Å²) in [5.41, 5.74) is 0.754. The lowest BCUT2D eigenvalue weighted by Gasteiger charge is -2.33. The Balaban J connectivity index is 1.78. The summed E-state index contributed by atoms with van der Waals surface area (Å²) in [7, 11) is 0. The number of benzene rings is 2. The molecule has 0 saturated heterocycles. The molecule has 5 nitrogen and oxygen atoms in total. The van der Waals surface area contributed by atoms with E-state index in [0.29, 0.717) is 17.2 Å². The predicted octanol–water partition coefficient (Wildman–Crippen LogP) is 4.46. The summed E-state index contributed by atoms with van der Waals surface area (Å²) >= 11 is 6.09. The molecule has 0 amide bonds. The van der Waals surface area contributed by atoms with E-state index in [1.807, 2.05) is 38.2 Å². The number of rotatable bonds is 7. The van der Waals surface area contributed by atoms with E-state index in [1.54, 1.807) is 25.1 Å². The average molecular weight is 410 g/mol. The Morgan fingerprint density at radius 3 is 2.62 bits per heavy atom. The number of hydrogen-bond acceptors (Lipinski definition) is 5. The second kappa shape index (κ2) is 8.79. The van der Waals surface area contributed by atoms with Gasteiger partial charge in [0, 0.05) is 29.2 Å². The Kier molecular flexibility index (Phi) is 6.39. The number of aliphatic hydroxyl groups excluding tert-OH is 1. The van der Waals surface area contributed by atoms with Crippen molar-refractivity contribution in [3.63, 3.8) is 0 Å². The van der Waals surface area contributed by atoms with E-state index in [1.165, 1.54) is 0 Å². The lowest BCUT2D eigenvalue weighted by atomic mass is 9.96. The smallest absolute Gasteiger partial charge is 0.176 e. The van der Waals surface area contributed by atoms with Crippen molar-refractivity contribution < 1.29 is 9.84 Å². The van der Waals surface area contributed by atoms with Crippen LogP contribution in [0.5, 0.6) is 5.75 Å². The van der Waals surface area contributed by atoms with Gasteiger partial charge in [0.1, 0.15) is 23.5 Å². The van der Waals surface area contributed by atoms with Crippen molar-refractivity contribution in [2.75, 3.05) is 0 Å². The van der Waals surface area contributed by atoms with Crippen LogP contribution < -0.4 is 10.1 Å². The van der Waals surface area contributed by atoms with Crippen LogP contribution in [0.15, 0.2) is 54.7 Å². The highest BCUT2D eigenvalue weighted by atomic mass is 35.5. The van der Waals surface area contributed by atoms with Gasteiger partial charge in [-0.25, -0.2) is 0 Å². The normalized spacial score (nSPS) is 13.7. The predicted molar refractivity (Wildman–Crippen MR) is 115 cm³/mol. The summed E-state index contributed by atoms with van der Waals surface area (Å²) < 4.78 is 5.93. The van der Waals surface area contributed by atoms with Gasteiger partial charge < -0.3 is 9.84 Å². The van der Waals surface area contributed by atoms with E-state index in [0.717, 1.165) is 16.5 Å². The maximum Gasteiger partial charge on any atom is 0.176 e. The molecule has 0 aliphatic rings. The fourth-order valence-corrected chi connectivity index (χ4v) is 3.42. The first-order chi connectivity index (χ1) is 13.8. The number of nitriles is 1. The zero-order valence-corrected chi connectivity index (χ0v) is 17.4. The highest BCUT2D eigenvalue weighted by molar-refractivity contribution is 6.31. The largest absolute Gasteiger partial charge is 0.471 e. The molecule has 2 aromatic carbocycles. The minimum absolute atomic E-state index is 0.246. The molecule has 0 bridgehead atoms. The van der Waals surface area contributed by atoms with Gasteiger partial charge in [-0.3, -0.25) is 10.3 Å². The fourth-order valence-electron chi connectivity index (χ4n) is 3.21. The fraction of sp³-hybridized carbons (Fsp3) is 0.304. The van der Waals surface area contributed by atoms with Gasteiger partial charge in [0.15, 0.2) is 6.23 Å². The van der Waals surface area contributed by atoms with Crippen LogP contribution in [0.3, 0.4) is 0 Å². The minimum Gasteiger partial charge on any atom is -0.471 e. The quantitative estimate of drug-likeness (QED) is 0.563. The Morgan fingerprint density at radius 2 is 1.93 bits per heavy atom. The van der Waals surface area contributed by atoms with Gasteiger partial charge in [-0.15, -0.1) is 0 Å². The number of nitrogens with zero attached hydrogens (tertiary/aromatic N) is 2. The summed E-state index contributed by atoms with van der Waals surface area (Å²) in [5, 5.41) is 25.5. The molecule has 6 heteroatoms. The monoisotopic (exact) mass is 409 g/mol. The summed E-state index contributed by atoms with van der Waals surface area (Å²) in [5.74, 6) is 0.332. The molecular weight excluding hydrogens is 386 g/mol. The molecule has 0 saturated carbocycles. The molecule has 1 unspecified atom stereocenters. The standard InChI is InChI=1S/C23H24ClN3O2/c1-15(28)22(29-21-10-6-9-20(24)19(21)13-25)27-23(2,3)12-18-11-16-7-4-5-8-17(16)14-26-18/h4-11,14-15,22,27-28H,12H2,1-3H3/t15?,22-/m1/s1. The van der Waals surface area contributed by atoms with Crippen molar-refractivity contribution in [3.8, 4) is 11.8 Å². The molecule has 0 fully saturated rings. The van der Waals surface area contributed by atoms with Gasteiger partial charge in [-0.1, -0.05) is 41.9 Å². The molecule has 2 atom stereocenters. The van der Waals surface area contributed by atoms with Gasteiger partial charge in [0.25, 0.3) is 0 Å². The molecule has 150 valence electrons. The van der Waals surface area contributed by atoms with Crippen molar-refractivity contribution >= 4 is 22.4 Å². The Bertz CT molecular complexity index is 1040. The van der Waals surface area contributed by atoms with Crippen molar-refractivity contribution in [2.45, 2.75) is 45.1 Å². The molecule has 0 aliphatic heterocycles. The lowest BCUT2D eigenvalue weighted by molar-refractivity contribution is 0.00863. The van der Waals surface area contributed by atoms with Crippen molar-refractivity contribution in [2.24, 2.45) is 0 Å². The minimum atomic E-state index is -0.815. The maximum absolute atomic E-state index is 10.3. The van der Waals surface area contributed by atoms with Gasteiger partial charge in [-0.2, -0.15) is 5.26 Å². The topological polar surface area (TPSA) is 78.2 Å². The second-order valence-electron chi connectivity index (χ2n) is 7.73. The number of aromatic nitrogens is 1. The van der Waals surface area contributed by atoms with Crippen LogP contribution in [-0.4, -0.2) is 28.0 Å². The van der Waals surface area contributed by atoms with Crippen LogP contribution in [0, 0.1) is 11.3 Å². The molecule has 0 aliphatic carbocycles. The lowest BCUT2D eigenvalue weighted by Crippen LogP contribution is -2.54. The van der Waals surface area contributed by atoms with Crippen LogP contribution >= 0.6 is 11.6 Å². The van der Waals surface area contributed by atoms with Gasteiger partial charge in [0.2, 0.25) is 0 Å². The summed E-state index contributed by atoms with van der Waals surface area (Å²) in [6.07, 6.45) is 0.958. The summed E-state index contributed by atoms with van der Waals surface area (Å²) in [4.78, 5) is 4.56. The second-order valence-corrected chi connectivity index (χ2v) is 8.14. The number of pyridine rings is 1. The highest BCUT2D eigenvalue weighted by Gasteiger charge is 2.28. The van der Waals surface area contributed by atoms with Crippen molar-refractivity contribution in [1.29, 1.82) is 5.26 Å². The van der Waals surface area contributed by atoms with Gasteiger partial charge in [-0.05, 0) is 44.4 Å². The molecule has 29 heavy (non-hydrogen) atoms. The molecule has 1 heterocycles. The van der Waals surface area contributed by atoms with Crippen LogP contribution in [0.2, 0.25) is 5.02 Å². The van der Waals surface area contributed by atoms with Crippen LogP contribution in [0.4, 0.5) is 0 Å². The number of fused-ring (bicyclic) bond motifs is 1. The Labute approximate surface area is 175 Å². The molecule has 3 rings (SSSR count). The summed E-state index contributed by atoms with van der Waals surface area (Å²) in [6.45, 7) is 5.68. The van der Waals surface area contributed by atoms with Crippen LogP contribution in [0.1, 0.15) is 32.0 Å². The molecule has 0 spiro atoms. The average Bonchev–Trinajstić information content (AvgIpc) is 2.67. The first-order valence-corrected chi connectivity index (χ1v) is 9.81.